The fourth-order valence-electron chi connectivity index (χ4n) is 4.22. The monoisotopic (exact) mass is 583 g/mol. The Kier molecular flexibility index (Phi) is 10.4. The molecule has 10 heteroatoms. The second-order valence-electron chi connectivity index (χ2n) is 8.95. The fourth-order valence-corrected chi connectivity index (χ4v) is 5.06. The van der Waals surface area contributed by atoms with Crippen molar-refractivity contribution in [1.82, 2.24) is 20.2 Å². The number of thioether (sulfide) groups is 1. The fraction of sp³-hybridized carbons (Fsp3) is 0.129. The molecule has 0 fully saturated rings. The summed E-state index contributed by atoms with van der Waals surface area (Å²) >= 11 is 1.49. The van der Waals surface area contributed by atoms with Crippen molar-refractivity contribution in [3.05, 3.63) is 131 Å². The summed E-state index contributed by atoms with van der Waals surface area (Å²) in [5.41, 5.74) is 5.38. The smallest absolute Gasteiger partial charge is 0.330 e. The molecular formula is C31H30N5O3PS. The number of esters is 1. The molecule has 1 heterocycles. The second-order valence-corrected chi connectivity index (χ2v) is 9.89. The van der Waals surface area contributed by atoms with Crippen LogP contribution in [0.25, 0.3) is 5.69 Å². The van der Waals surface area contributed by atoms with Crippen molar-refractivity contribution >= 4 is 33.3 Å². The van der Waals surface area contributed by atoms with E-state index in [1.807, 2.05) is 78.9 Å². The van der Waals surface area contributed by atoms with Crippen molar-refractivity contribution in [2.75, 3.05) is 7.11 Å². The molecule has 41 heavy (non-hydrogen) atoms. The van der Waals surface area contributed by atoms with Gasteiger partial charge in [-0.3, -0.25) is 4.99 Å². The first-order chi connectivity index (χ1) is 19.6. The number of tetrazole rings is 1. The van der Waals surface area contributed by atoms with E-state index in [4.69, 9.17) is 9.73 Å². The molecule has 0 saturated heterocycles. The number of methoxy groups -OCH3 is 1. The van der Waals surface area contributed by atoms with Crippen molar-refractivity contribution in [1.29, 1.82) is 0 Å². The summed E-state index contributed by atoms with van der Waals surface area (Å²) in [5.74, 6) is 0.409. The molecule has 0 aliphatic carbocycles. The largest absolute Gasteiger partial charge is 0.508 e. The molecule has 0 amide bonds. The predicted molar refractivity (Wildman–Crippen MR) is 166 cm³/mol. The van der Waals surface area contributed by atoms with Crippen LogP contribution in [-0.2, 0) is 21.7 Å². The van der Waals surface area contributed by atoms with Gasteiger partial charge in [-0.2, -0.15) is 14.6 Å². The Labute approximate surface area is 246 Å². The number of phenols is 1. The number of hydrogen-bond donors (Lipinski definition) is 1. The van der Waals surface area contributed by atoms with Crippen LogP contribution in [0.15, 0.2) is 119 Å². The van der Waals surface area contributed by atoms with Crippen LogP contribution < -0.4 is 0 Å². The number of carbonyl (C=O) groups is 1. The van der Waals surface area contributed by atoms with Crippen molar-refractivity contribution in [3.63, 3.8) is 0 Å². The summed E-state index contributed by atoms with van der Waals surface area (Å²) < 4.78 is 6.79. The summed E-state index contributed by atoms with van der Waals surface area (Å²) in [4.78, 5) is 17.8. The molecule has 2 unspecified atom stereocenters. The van der Waals surface area contributed by atoms with Gasteiger partial charge in [0.2, 0.25) is 5.16 Å². The van der Waals surface area contributed by atoms with Crippen LogP contribution in [0.1, 0.15) is 22.3 Å². The van der Waals surface area contributed by atoms with E-state index in [1.165, 1.54) is 18.9 Å². The van der Waals surface area contributed by atoms with Gasteiger partial charge in [0.15, 0.2) is 6.04 Å². The maximum absolute atomic E-state index is 12.9. The number of benzene rings is 4. The molecule has 2 atom stereocenters. The molecule has 4 aromatic carbocycles. The van der Waals surface area contributed by atoms with Crippen molar-refractivity contribution < 1.29 is 14.6 Å². The first kappa shape index (κ1) is 29.6. The zero-order valence-electron chi connectivity index (χ0n) is 22.5. The Morgan fingerprint density at radius 1 is 0.902 bits per heavy atom. The van der Waals surface area contributed by atoms with E-state index in [0.717, 1.165) is 33.7 Å². The van der Waals surface area contributed by atoms with Gasteiger partial charge >= 0.3 is 5.97 Å². The molecule has 0 saturated carbocycles. The van der Waals surface area contributed by atoms with Crippen LogP contribution in [-0.4, -0.2) is 50.1 Å². The van der Waals surface area contributed by atoms with Gasteiger partial charge in [0, 0.05) is 23.3 Å². The van der Waals surface area contributed by atoms with Gasteiger partial charge in [-0.05, 0) is 45.8 Å². The minimum Gasteiger partial charge on any atom is -0.508 e. The Balaban J connectivity index is 0.00000387. The molecule has 1 N–H and O–H groups in total. The highest BCUT2D eigenvalue weighted by atomic mass is 32.2. The van der Waals surface area contributed by atoms with E-state index in [9.17, 15) is 9.90 Å². The van der Waals surface area contributed by atoms with Crippen LogP contribution in [0.3, 0.4) is 0 Å². The van der Waals surface area contributed by atoms with Crippen LogP contribution in [0, 0.1) is 0 Å². The third kappa shape index (κ3) is 7.66. The molecule has 0 aliphatic heterocycles. The Bertz CT molecular complexity index is 1550. The van der Waals surface area contributed by atoms with Gasteiger partial charge in [0.25, 0.3) is 0 Å². The average Bonchev–Trinajstić information content (AvgIpc) is 3.48. The molecule has 0 aliphatic rings. The van der Waals surface area contributed by atoms with E-state index in [0.29, 0.717) is 17.3 Å². The lowest BCUT2D eigenvalue weighted by molar-refractivity contribution is -0.142. The number of nitrogens with zero attached hydrogens (tertiary/aromatic N) is 5. The van der Waals surface area contributed by atoms with E-state index < -0.39 is 12.0 Å². The third-order valence-electron chi connectivity index (χ3n) is 6.18. The summed E-state index contributed by atoms with van der Waals surface area (Å²) in [7, 11) is 1.39. The number of phenolic OH excluding ortho intramolecular Hbond substituents is 1. The standard InChI is InChI=1S/C31H27N5O3S.H3P/c1-39-30(38)28(32-29(24-11-4-2-5-12-24)25-13-6-3-7-14-25)20-22-9-8-10-23(19-22)21-40-31-33-34-35-36(31)26-15-17-27(37)18-16-26;/h2-19,28,37H,20-21H2,1H3;1H3. The lowest BCUT2D eigenvalue weighted by Crippen LogP contribution is -2.25. The van der Waals surface area contributed by atoms with E-state index in [2.05, 4.69) is 21.6 Å². The Morgan fingerprint density at radius 2 is 1.54 bits per heavy atom. The number of rotatable bonds is 10. The van der Waals surface area contributed by atoms with Crippen molar-refractivity contribution in [3.8, 4) is 11.4 Å². The summed E-state index contributed by atoms with van der Waals surface area (Å²) in [6.07, 6.45) is 0.388. The van der Waals surface area contributed by atoms with Gasteiger partial charge in [-0.25, -0.2) is 4.79 Å². The van der Waals surface area contributed by atoms with E-state index in [-0.39, 0.29) is 15.6 Å². The molecule has 1 aromatic heterocycles. The second kappa shape index (κ2) is 14.3. The van der Waals surface area contributed by atoms with Gasteiger partial charge in [-0.1, -0.05) is 96.7 Å². The Morgan fingerprint density at radius 3 is 2.17 bits per heavy atom. The third-order valence-corrected chi connectivity index (χ3v) is 7.17. The van der Waals surface area contributed by atoms with Crippen molar-refractivity contribution in [2.45, 2.75) is 23.4 Å². The van der Waals surface area contributed by atoms with Crippen molar-refractivity contribution in [2.24, 2.45) is 4.99 Å². The molecule has 8 nitrogen and oxygen atoms in total. The quantitative estimate of drug-likeness (QED) is 0.102. The first-order valence-corrected chi connectivity index (χ1v) is 13.6. The number of carbonyl (C=O) groups excluding carboxylic acids is 1. The maximum atomic E-state index is 12.9. The van der Waals surface area contributed by atoms with Crippen LogP contribution in [0.2, 0.25) is 0 Å². The highest BCUT2D eigenvalue weighted by Gasteiger charge is 2.21. The first-order valence-electron chi connectivity index (χ1n) is 12.7. The van der Waals surface area contributed by atoms with Gasteiger partial charge < -0.3 is 9.84 Å². The van der Waals surface area contributed by atoms with Gasteiger partial charge in [-0.15, -0.1) is 5.10 Å². The molecule has 5 rings (SSSR count). The summed E-state index contributed by atoms with van der Waals surface area (Å²) in [6.45, 7) is 0. The van der Waals surface area contributed by atoms with E-state index in [1.54, 1.807) is 28.9 Å². The van der Waals surface area contributed by atoms with Crippen LogP contribution in [0.4, 0.5) is 0 Å². The zero-order valence-corrected chi connectivity index (χ0v) is 24.7. The molecule has 0 spiro atoms. The molecule has 5 aromatic rings. The van der Waals surface area contributed by atoms with Gasteiger partial charge in [0.05, 0.1) is 18.5 Å². The zero-order chi connectivity index (χ0) is 27.7. The molecule has 208 valence electrons. The highest BCUT2D eigenvalue weighted by Crippen LogP contribution is 2.24. The lowest BCUT2D eigenvalue weighted by Gasteiger charge is -2.15. The van der Waals surface area contributed by atoms with E-state index >= 15 is 0 Å². The number of aromatic nitrogens is 4. The summed E-state index contributed by atoms with van der Waals surface area (Å²) in [5, 5.41) is 22.2. The highest BCUT2D eigenvalue weighted by molar-refractivity contribution is 7.98. The average molecular weight is 584 g/mol. The Hall–Kier alpha value is -4.33. The topological polar surface area (TPSA) is 102 Å². The SMILES string of the molecule is COC(=O)C(Cc1cccc(CSc2nnnn2-c2ccc(O)cc2)c1)N=C(c1ccccc1)c1ccccc1.P. The minimum absolute atomic E-state index is 0. The van der Waals surface area contributed by atoms with Gasteiger partial charge in [0.1, 0.15) is 5.75 Å². The number of aliphatic imine (C=N–C) groups is 1. The molecule has 0 radical (unpaired) electrons. The minimum atomic E-state index is -0.717. The van der Waals surface area contributed by atoms with Crippen LogP contribution >= 0.6 is 21.7 Å². The molecular weight excluding hydrogens is 553 g/mol. The summed E-state index contributed by atoms with van der Waals surface area (Å²) in [6, 6.07) is 33.7. The predicted octanol–water partition coefficient (Wildman–Crippen LogP) is 5.34. The van der Waals surface area contributed by atoms with Crippen LogP contribution in [0.5, 0.6) is 5.75 Å². The lowest BCUT2D eigenvalue weighted by atomic mass is 10.00. The number of aromatic hydroxyl groups is 1. The normalized spacial score (nSPS) is 11.2. The number of ether oxygens (including phenoxy) is 1. The molecule has 0 bridgehead atoms. The number of hydrogen-bond acceptors (Lipinski definition) is 8. The maximum Gasteiger partial charge on any atom is 0.330 e.